The topological polar surface area (TPSA) is 46.8 Å². The van der Waals surface area contributed by atoms with Crippen molar-refractivity contribution in [2.75, 3.05) is 19.0 Å². The first-order chi connectivity index (χ1) is 8.38. The van der Waals surface area contributed by atoms with E-state index in [0.717, 1.165) is 5.69 Å². The minimum atomic E-state index is 0.0851. The van der Waals surface area contributed by atoms with Crippen LogP contribution < -0.4 is 4.90 Å². The average Bonchev–Trinajstić information content (AvgIpc) is 2.78. The third-order valence-corrected chi connectivity index (χ3v) is 2.79. The van der Waals surface area contributed by atoms with Crippen molar-refractivity contribution in [3.63, 3.8) is 0 Å². The molecule has 0 saturated heterocycles. The van der Waals surface area contributed by atoms with Gasteiger partial charge in [-0.15, -0.1) is 0 Å². The molecular formula is C13H19N5. The Kier molecular flexibility index (Phi) is 3.07. The molecule has 2 heterocycles. The van der Waals surface area contributed by atoms with Crippen molar-refractivity contribution in [2.24, 2.45) is 0 Å². The second kappa shape index (κ2) is 4.40. The summed E-state index contributed by atoms with van der Waals surface area (Å²) in [6.07, 6.45) is 7.43. The third kappa shape index (κ3) is 2.50. The second-order valence-corrected chi connectivity index (χ2v) is 5.56. The highest BCUT2D eigenvalue weighted by Crippen LogP contribution is 2.21. The molecule has 0 atom stereocenters. The highest BCUT2D eigenvalue weighted by molar-refractivity contribution is 5.40. The molecule has 18 heavy (non-hydrogen) atoms. The van der Waals surface area contributed by atoms with E-state index in [4.69, 9.17) is 0 Å². The molecule has 0 bridgehead atoms. The van der Waals surface area contributed by atoms with Gasteiger partial charge in [0, 0.05) is 20.3 Å². The molecule has 0 aliphatic rings. The Hall–Kier alpha value is -1.91. The molecule has 5 nitrogen and oxygen atoms in total. The van der Waals surface area contributed by atoms with Crippen LogP contribution in [0.25, 0.3) is 5.95 Å². The van der Waals surface area contributed by atoms with E-state index in [1.165, 1.54) is 5.56 Å². The Labute approximate surface area is 107 Å². The predicted octanol–water partition coefficient (Wildman–Crippen LogP) is 2.03. The smallest absolute Gasteiger partial charge is 0.250 e. The van der Waals surface area contributed by atoms with Crippen LogP contribution in [0.3, 0.4) is 0 Å². The van der Waals surface area contributed by atoms with Crippen LogP contribution in [0, 0.1) is 0 Å². The normalized spacial score (nSPS) is 11.6. The van der Waals surface area contributed by atoms with Crippen molar-refractivity contribution in [3.05, 3.63) is 30.4 Å². The van der Waals surface area contributed by atoms with Gasteiger partial charge in [0.2, 0.25) is 0 Å². The van der Waals surface area contributed by atoms with E-state index in [9.17, 15) is 0 Å². The lowest BCUT2D eigenvalue weighted by atomic mass is 9.90. The first-order valence-electron chi connectivity index (χ1n) is 5.93. The summed E-state index contributed by atoms with van der Waals surface area (Å²) in [5.41, 5.74) is 2.23. The van der Waals surface area contributed by atoms with Gasteiger partial charge in [0.1, 0.15) is 0 Å². The summed E-state index contributed by atoms with van der Waals surface area (Å²) in [5, 5.41) is 4.31. The van der Waals surface area contributed by atoms with Crippen LogP contribution in [0.5, 0.6) is 0 Å². The highest BCUT2D eigenvalue weighted by atomic mass is 15.3. The van der Waals surface area contributed by atoms with E-state index in [0.29, 0.717) is 5.95 Å². The summed E-state index contributed by atoms with van der Waals surface area (Å²) in [5.74, 6) is 0.594. The molecular weight excluding hydrogens is 226 g/mol. The maximum atomic E-state index is 4.31. The zero-order chi connectivity index (χ0) is 13.3. The lowest BCUT2D eigenvalue weighted by Crippen LogP contribution is -2.11. The van der Waals surface area contributed by atoms with Crippen molar-refractivity contribution < 1.29 is 0 Å². The van der Waals surface area contributed by atoms with Crippen molar-refractivity contribution >= 4 is 5.69 Å². The summed E-state index contributed by atoms with van der Waals surface area (Å²) in [4.78, 5) is 10.6. The summed E-state index contributed by atoms with van der Waals surface area (Å²) >= 11 is 0. The molecule has 96 valence electrons. The van der Waals surface area contributed by atoms with E-state index in [2.05, 4.69) is 35.8 Å². The van der Waals surface area contributed by atoms with Gasteiger partial charge in [-0.3, -0.25) is 0 Å². The Morgan fingerprint density at radius 1 is 1.06 bits per heavy atom. The molecule has 0 aromatic carbocycles. The molecule has 0 N–H and O–H groups in total. The Morgan fingerprint density at radius 3 is 2.11 bits per heavy atom. The van der Waals surface area contributed by atoms with Gasteiger partial charge in [0.05, 0.1) is 24.3 Å². The molecule has 0 radical (unpaired) electrons. The fourth-order valence-corrected chi connectivity index (χ4v) is 1.48. The van der Waals surface area contributed by atoms with Gasteiger partial charge in [-0.1, -0.05) is 20.8 Å². The molecule has 0 spiro atoms. The molecule has 2 aromatic heterocycles. The zero-order valence-electron chi connectivity index (χ0n) is 11.5. The molecule has 0 saturated carbocycles. The highest BCUT2D eigenvalue weighted by Gasteiger charge is 2.16. The van der Waals surface area contributed by atoms with Crippen molar-refractivity contribution in [3.8, 4) is 5.95 Å². The predicted molar refractivity (Wildman–Crippen MR) is 72.2 cm³/mol. The van der Waals surface area contributed by atoms with Crippen LogP contribution in [0.2, 0.25) is 0 Å². The largest absolute Gasteiger partial charge is 0.375 e. The van der Waals surface area contributed by atoms with E-state index >= 15 is 0 Å². The molecule has 0 amide bonds. The van der Waals surface area contributed by atoms with Gasteiger partial charge in [-0.25, -0.2) is 14.6 Å². The van der Waals surface area contributed by atoms with Crippen LogP contribution in [0.15, 0.2) is 24.8 Å². The molecule has 0 aliphatic carbocycles. The SMILES string of the molecule is CN(C)c1cnc(-n2cc(C(C)(C)C)cn2)nc1. The van der Waals surface area contributed by atoms with E-state index < -0.39 is 0 Å². The Morgan fingerprint density at radius 2 is 1.67 bits per heavy atom. The first-order valence-corrected chi connectivity index (χ1v) is 5.93. The third-order valence-electron chi connectivity index (χ3n) is 2.79. The summed E-state index contributed by atoms with van der Waals surface area (Å²) < 4.78 is 1.71. The van der Waals surface area contributed by atoms with Gasteiger partial charge < -0.3 is 4.90 Å². The standard InChI is InChI=1S/C13H19N5/c1-13(2,3)10-6-16-18(9-10)12-14-7-11(8-15-12)17(4)5/h6-9H,1-5H3. The van der Waals surface area contributed by atoms with E-state index in [1.807, 2.05) is 31.4 Å². The van der Waals surface area contributed by atoms with Crippen molar-refractivity contribution in [1.29, 1.82) is 0 Å². The quantitative estimate of drug-likeness (QED) is 0.812. The maximum absolute atomic E-state index is 4.31. The first kappa shape index (κ1) is 12.5. The zero-order valence-corrected chi connectivity index (χ0v) is 11.5. The Balaban J connectivity index is 2.29. The number of anilines is 1. The molecule has 0 fully saturated rings. The van der Waals surface area contributed by atoms with Gasteiger partial charge >= 0.3 is 0 Å². The minimum Gasteiger partial charge on any atom is -0.375 e. The van der Waals surface area contributed by atoms with Crippen LogP contribution in [-0.2, 0) is 5.41 Å². The van der Waals surface area contributed by atoms with Crippen LogP contribution >= 0.6 is 0 Å². The number of aromatic nitrogens is 4. The number of rotatable bonds is 2. The Bertz CT molecular complexity index is 519. The van der Waals surface area contributed by atoms with Crippen LogP contribution in [0.4, 0.5) is 5.69 Å². The molecule has 0 aliphatic heterocycles. The number of nitrogens with zero attached hydrogens (tertiary/aromatic N) is 5. The summed E-state index contributed by atoms with van der Waals surface area (Å²) in [6.45, 7) is 6.47. The van der Waals surface area contributed by atoms with Gasteiger partial charge in [-0.2, -0.15) is 5.10 Å². The number of hydrogen-bond acceptors (Lipinski definition) is 4. The van der Waals surface area contributed by atoms with Gasteiger partial charge in [0.15, 0.2) is 0 Å². The van der Waals surface area contributed by atoms with Crippen LogP contribution in [0.1, 0.15) is 26.3 Å². The van der Waals surface area contributed by atoms with Crippen molar-refractivity contribution in [2.45, 2.75) is 26.2 Å². The van der Waals surface area contributed by atoms with Crippen LogP contribution in [-0.4, -0.2) is 33.8 Å². The second-order valence-electron chi connectivity index (χ2n) is 5.56. The average molecular weight is 245 g/mol. The lowest BCUT2D eigenvalue weighted by Gasteiger charge is -2.15. The minimum absolute atomic E-state index is 0.0851. The van der Waals surface area contributed by atoms with E-state index in [1.54, 1.807) is 17.1 Å². The molecule has 2 rings (SSSR count). The van der Waals surface area contributed by atoms with Crippen molar-refractivity contribution in [1.82, 2.24) is 19.7 Å². The van der Waals surface area contributed by atoms with Gasteiger partial charge in [0.25, 0.3) is 5.95 Å². The monoisotopic (exact) mass is 245 g/mol. The lowest BCUT2D eigenvalue weighted by molar-refractivity contribution is 0.590. The molecule has 0 unspecified atom stereocenters. The fraction of sp³-hybridized carbons (Fsp3) is 0.462. The van der Waals surface area contributed by atoms with E-state index in [-0.39, 0.29) is 5.41 Å². The van der Waals surface area contributed by atoms with Gasteiger partial charge in [-0.05, 0) is 11.0 Å². The maximum Gasteiger partial charge on any atom is 0.250 e. The number of hydrogen-bond donors (Lipinski definition) is 0. The summed E-state index contributed by atoms with van der Waals surface area (Å²) in [6, 6.07) is 0. The summed E-state index contributed by atoms with van der Waals surface area (Å²) in [7, 11) is 3.92. The fourth-order valence-electron chi connectivity index (χ4n) is 1.48. The molecule has 5 heteroatoms. The molecule has 2 aromatic rings.